The van der Waals surface area contributed by atoms with Crippen molar-refractivity contribution in [2.75, 3.05) is 10.5 Å². The van der Waals surface area contributed by atoms with Gasteiger partial charge >= 0.3 is 29.6 Å². The minimum Gasteiger partial charge on any atom is -0.768 e. The number of hydrogen-bond acceptors (Lipinski definition) is 4. The summed E-state index contributed by atoms with van der Waals surface area (Å²) in [5, 5.41) is 0. The maximum absolute atomic E-state index is 13.4. The molecule has 1 atom stereocenters. The Morgan fingerprint density at radius 1 is 1.44 bits per heavy atom. The summed E-state index contributed by atoms with van der Waals surface area (Å²) in [5.74, 6) is -1.05. The van der Waals surface area contributed by atoms with Crippen LogP contribution >= 0.6 is 0 Å². The van der Waals surface area contributed by atoms with Crippen LogP contribution in [0.4, 0.5) is 10.1 Å². The van der Waals surface area contributed by atoms with Crippen LogP contribution in [0.5, 0.6) is 0 Å². The number of sulfonamides is 1. The number of rotatable bonds is 5. The molecule has 0 aromatic heterocycles. The maximum Gasteiger partial charge on any atom is 1.00 e. The van der Waals surface area contributed by atoms with Crippen molar-refractivity contribution < 1.29 is 51.1 Å². The standard InChI is InChI=1S/C9H12FNO4S2.Na/c1-2-5-17(14,15)11-9-4-3-7(16(12)13)6-8(9)10;/h3-4,6,11H,2,5H2,1H3,(H,12,13);/q;+1/p-1. The normalized spacial score (nSPS) is 12.6. The second-order valence-electron chi connectivity index (χ2n) is 3.30. The molecule has 0 heterocycles. The third-order valence-electron chi connectivity index (χ3n) is 1.87. The summed E-state index contributed by atoms with van der Waals surface area (Å²) in [7, 11) is -3.58. The van der Waals surface area contributed by atoms with Crippen molar-refractivity contribution in [3.63, 3.8) is 0 Å². The van der Waals surface area contributed by atoms with Crippen LogP contribution in [0.2, 0.25) is 0 Å². The molecule has 0 bridgehead atoms. The summed E-state index contributed by atoms with van der Waals surface area (Å²) in [4.78, 5) is -0.235. The average Bonchev–Trinajstić information content (AvgIpc) is 2.20. The van der Waals surface area contributed by atoms with Crippen molar-refractivity contribution >= 4 is 26.8 Å². The second kappa shape index (κ2) is 7.56. The molecule has 0 spiro atoms. The van der Waals surface area contributed by atoms with Gasteiger partial charge in [-0.05, 0) is 35.7 Å². The SMILES string of the molecule is CCCS(=O)(=O)Nc1ccc(S(=O)[O-])cc1F.[Na+]. The molecular formula is C9H11FNNaO4S2. The van der Waals surface area contributed by atoms with E-state index in [2.05, 4.69) is 0 Å². The maximum atomic E-state index is 13.4. The Hall–Kier alpha value is 0.01000. The molecule has 0 fully saturated rings. The van der Waals surface area contributed by atoms with Crippen molar-refractivity contribution in [3.05, 3.63) is 24.0 Å². The van der Waals surface area contributed by atoms with Crippen molar-refractivity contribution in [1.82, 2.24) is 0 Å². The molecule has 0 aliphatic carbocycles. The third-order valence-corrected chi connectivity index (χ3v) is 3.99. The molecule has 1 aromatic carbocycles. The van der Waals surface area contributed by atoms with E-state index in [0.717, 1.165) is 18.2 Å². The van der Waals surface area contributed by atoms with Crippen LogP contribution in [-0.2, 0) is 21.1 Å². The van der Waals surface area contributed by atoms with Gasteiger partial charge in [-0.15, -0.1) is 0 Å². The molecule has 5 nitrogen and oxygen atoms in total. The Bertz CT molecular complexity index is 535. The number of benzene rings is 1. The van der Waals surface area contributed by atoms with E-state index >= 15 is 0 Å². The van der Waals surface area contributed by atoms with Crippen LogP contribution in [0.3, 0.4) is 0 Å². The van der Waals surface area contributed by atoms with Gasteiger partial charge in [0.15, 0.2) is 0 Å². The number of hydrogen-bond donors (Lipinski definition) is 1. The van der Waals surface area contributed by atoms with Gasteiger partial charge in [-0.1, -0.05) is 6.92 Å². The first-order chi connectivity index (χ1) is 7.85. The predicted molar refractivity (Wildman–Crippen MR) is 61.3 cm³/mol. The van der Waals surface area contributed by atoms with Crippen LogP contribution in [0.15, 0.2) is 23.1 Å². The summed E-state index contributed by atoms with van der Waals surface area (Å²) in [6, 6.07) is 2.95. The van der Waals surface area contributed by atoms with Crippen LogP contribution in [0.1, 0.15) is 13.3 Å². The molecule has 0 amide bonds. The van der Waals surface area contributed by atoms with E-state index in [1.54, 1.807) is 6.92 Å². The fraction of sp³-hybridized carbons (Fsp3) is 0.333. The molecule has 96 valence electrons. The predicted octanol–water partition coefficient (Wildman–Crippen LogP) is -1.78. The van der Waals surface area contributed by atoms with E-state index in [1.807, 2.05) is 4.72 Å². The Kier molecular flexibility index (Phi) is 7.57. The zero-order chi connectivity index (χ0) is 13.1. The molecule has 18 heavy (non-hydrogen) atoms. The minimum atomic E-state index is -3.58. The Balaban J connectivity index is 0.00000289. The Morgan fingerprint density at radius 3 is 2.50 bits per heavy atom. The monoisotopic (exact) mass is 303 g/mol. The average molecular weight is 303 g/mol. The van der Waals surface area contributed by atoms with Gasteiger partial charge in [0.2, 0.25) is 10.0 Å². The van der Waals surface area contributed by atoms with E-state index in [4.69, 9.17) is 0 Å². The molecule has 9 heteroatoms. The van der Waals surface area contributed by atoms with Gasteiger partial charge < -0.3 is 4.55 Å². The fourth-order valence-electron chi connectivity index (χ4n) is 1.17. The quantitative estimate of drug-likeness (QED) is 0.515. The zero-order valence-corrected chi connectivity index (χ0v) is 13.6. The van der Waals surface area contributed by atoms with Gasteiger partial charge in [-0.25, -0.2) is 12.8 Å². The molecule has 1 aromatic rings. The molecule has 0 aliphatic rings. The van der Waals surface area contributed by atoms with Gasteiger partial charge in [0.1, 0.15) is 5.82 Å². The molecule has 0 saturated heterocycles. The molecule has 1 rings (SSSR count). The van der Waals surface area contributed by atoms with Crippen molar-refractivity contribution in [2.24, 2.45) is 0 Å². The van der Waals surface area contributed by atoms with Crippen molar-refractivity contribution in [3.8, 4) is 0 Å². The first-order valence-electron chi connectivity index (χ1n) is 4.75. The largest absolute Gasteiger partial charge is 1.00 e. The van der Waals surface area contributed by atoms with Gasteiger partial charge in [-0.3, -0.25) is 8.93 Å². The molecule has 1 N–H and O–H groups in total. The first-order valence-corrected chi connectivity index (χ1v) is 7.47. The van der Waals surface area contributed by atoms with Crippen LogP contribution in [0.25, 0.3) is 0 Å². The molecule has 0 saturated carbocycles. The van der Waals surface area contributed by atoms with Crippen LogP contribution < -0.4 is 34.3 Å². The van der Waals surface area contributed by atoms with E-state index in [9.17, 15) is 21.6 Å². The van der Waals surface area contributed by atoms with Gasteiger partial charge in [0.25, 0.3) is 0 Å². The number of anilines is 1. The molecule has 1 unspecified atom stereocenters. The van der Waals surface area contributed by atoms with Gasteiger partial charge in [-0.2, -0.15) is 0 Å². The first kappa shape index (κ1) is 18.0. The van der Waals surface area contributed by atoms with Gasteiger partial charge in [0, 0.05) is 4.90 Å². The van der Waals surface area contributed by atoms with Crippen molar-refractivity contribution in [1.29, 1.82) is 0 Å². The molecule has 0 radical (unpaired) electrons. The van der Waals surface area contributed by atoms with Crippen molar-refractivity contribution in [2.45, 2.75) is 18.2 Å². The molecule has 0 aliphatic heterocycles. The van der Waals surface area contributed by atoms with E-state index < -0.39 is 26.9 Å². The van der Waals surface area contributed by atoms with Gasteiger partial charge in [0.05, 0.1) is 11.4 Å². The Morgan fingerprint density at radius 2 is 2.06 bits per heavy atom. The summed E-state index contributed by atoms with van der Waals surface area (Å²) in [5.41, 5.74) is -0.257. The van der Waals surface area contributed by atoms with E-state index in [-0.39, 0.29) is 45.9 Å². The third kappa shape index (κ3) is 5.33. The van der Waals surface area contributed by atoms with Crippen LogP contribution in [-0.4, -0.2) is 22.9 Å². The fourth-order valence-corrected chi connectivity index (χ4v) is 2.69. The summed E-state index contributed by atoms with van der Waals surface area (Å²) >= 11 is -2.54. The molecular weight excluding hydrogens is 292 g/mol. The van der Waals surface area contributed by atoms with E-state index in [0.29, 0.717) is 6.42 Å². The minimum absolute atomic E-state index is 0. The number of nitrogens with one attached hydrogen (secondary N) is 1. The smallest absolute Gasteiger partial charge is 0.768 e. The summed E-state index contributed by atoms with van der Waals surface area (Å²) in [6.07, 6.45) is 0.402. The van der Waals surface area contributed by atoms with E-state index in [1.165, 1.54) is 0 Å². The summed E-state index contributed by atoms with van der Waals surface area (Å²) in [6.45, 7) is 1.68. The Labute approximate surface area is 130 Å². The topological polar surface area (TPSA) is 86.3 Å². The summed E-state index contributed by atoms with van der Waals surface area (Å²) < 4.78 is 59.3. The zero-order valence-electron chi connectivity index (χ0n) is 9.97. The number of halogens is 1. The van der Waals surface area contributed by atoms with Crippen LogP contribution in [0, 0.1) is 5.82 Å². The second-order valence-corrected chi connectivity index (χ2v) is 6.08.